The van der Waals surface area contributed by atoms with E-state index in [0.29, 0.717) is 25.1 Å². The second kappa shape index (κ2) is 5.01. The molecule has 1 aliphatic rings. The maximum atomic E-state index is 12.1. The smallest absolute Gasteiger partial charge is 0.224 e. The average molecular weight is 262 g/mol. The van der Waals surface area contributed by atoms with Gasteiger partial charge < -0.3 is 10.8 Å². The second-order valence-electron chi connectivity index (χ2n) is 5.36. The fourth-order valence-electron chi connectivity index (χ4n) is 2.33. The number of nitrogens with zero attached hydrogens (tertiary/aromatic N) is 1. The Bertz CT molecular complexity index is 498. The van der Waals surface area contributed by atoms with Gasteiger partial charge in [0.15, 0.2) is 5.78 Å². The molecule has 1 aliphatic heterocycles. The van der Waals surface area contributed by atoms with Gasteiger partial charge >= 0.3 is 0 Å². The molecule has 1 saturated heterocycles. The van der Waals surface area contributed by atoms with Gasteiger partial charge in [-0.2, -0.15) is 0 Å². The minimum atomic E-state index is -0.533. The van der Waals surface area contributed by atoms with Crippen LogP contribution < -0.4 is 5.73 Å². The molecule has 0 aliphatic carbocycles. The van der Waals surface area contributed by atoms with Gasteiger partial charge in [0, 0.05) is 12.1 Å². The number of phenolic OH excluding ortho intramolecular Hbond substituents is 1. The normalized spacial score (nSPS) is 23.4. The van der Waals surface area contributed by atoms with Gasteiger partial charge in [0.05, 0.1) is 12.0 Å². The van der Waals surface area contributed by atoms with Crippen LogP contribution in [0.1, 0.15) is 23.7 Å². The molecule has 0 bridgehead atoms. The van der Waals surface area contributed by atoms with Crippen molar-refractivity contribution >= 4 is 11.7 Å². The summed E-state index contributed by atoms with van der Waals surface area (Å²) in [7, 11) is 0. The molecule has 1 unspecified atom stereocenters. The molecule has 0 aromatic heterocycles. The Morgan fingerprint density at radius 1 is 1.37 bits per heavy atom. The number of Topliss-reactive ketones (excluding diaryl/α,β-unsaturated/α-hetero) is 1. The fraction of sp³-hybridized carbons (Fsp3) is 0.429. The highest BCUT2D eigenvalue weighted by atomic mass is 16.3. The fourth-order valence-corrected chi connectivity index (χ4v) is 2.33. The molecule has 1 aromatic carbocycles. The van der Waals surface area contributed by atoms with Crippen molar-refractivity contribution in [2.24, 2.45) is 11.1 Å². The summed E-state index contributed by atoms with van der Waals surface area (Å²) in [4.78, 5) is 25.3. The summed E-state index contributed by atoms with van der Waals surface area (Å²) in [5.41, 5.74) is 5.40. The zero-order valence-corrected chi connectivity index (χ0v) is 10.9. The largest absolute Gasteiger partial charge is 0.508 e. The predicted molar refractivity (Wildman–Crippen MR) is 70.8 cm³/mol. The summed E-state index contributed by atoms with van der Waals surface area (Å²) in [6.07, 6.45) is 0.686. The molecule has 19 heavy (non-hydrogen) atoms. The van der Waals surface area contributed by atoms with Crippen molar-refractivity contribution < 1.29 is 14.7 Å². The third-order valence-electron chi connectivity index (χ3n) is 3.70. The van der Waals surface area contributed by atoms with Crippen LogP contribution in [0.2, 0.25) is 0 Å². The van der Waals surface area contributed by atoms with Crippen molar-refractivity contribution in [2.75, 3.05) is 19.6 Å². The minimum absolute atomic E-state index is 0.0197. The Morgan fingerprint density at radius 2 is 2.00 bits per heavy atom. The standard InChI is InChI=1S/C14H18N2O3/c1-14(13(15)19)6-7-16(9-14)8-12(18)10-2-4-11(17)5-3-10/h2-5,17H,6-9H2,1H3,(H2,15,19). The molecule has 5 heteroatoms. The zero-order chi connectivity index (χ0) is 14.0. The quantitative estimate of drug-likeness (QED) is 0.785. The van der Waals surface area contributed by atoms with E-state index < -0.39 is 5.41 Å². The van der Waals surface area contributed by atoms with E-state index in [4.69, 9.17) is 5.73 Å². The van der Waals surface area contributed by atoms with Crippen LogP contribution in [-0.4, -0.2) is 41.3 Å². The highest BCUT2D eigenvalue weighted by molar-refractivity contribution is 5.97. The van der Waals surface area contributed by atoms with E-state index in [0.717, 1.165) is 0 Å². The van der Waals surface area contributed by atoms with Gasteiger partial charge in [-0.3, -0.25) is 14.5 Å². The van der Waals surface area contributed by atoms with Gasteiger partial charge in [-0.25, -0.2) is 0 Å². The molecule has 3 N–H and O–H groups in total. The van der Waals surface area contributed by atoms with Crippen molar-refractivity contribution in [3.05, 3.63) is 29.8 Å². The summed E-state index contributed by atoms with van der Waals surface area (Å²) in [5.74, 6) is -0.195. The Kier molecular flexibility index (Phi) is 3.57. The first-order valence-electron chi connectivity index (χ1n) is 6.25. The van der Waals surface area contributed by atoms with E-state index in [-0.39, 0.29) is 24.0 Å². The molecular weight excluding hydrogens is 244 g/mol. The maximum Gasteiger partial charge on any atom is 0.224 e. The molecule has 1 fully saturated rings. The number of ketones is 1. The molecular formula is C14H18N2O3. The molecule has 2 rings (SSSR count). The monoisotopic (exact) mass is 262 g/mol. The van der Waals surface area contributed by atoms with Crippen LogP contribution in [0.4, 0.5) is 0 Å². The molecule has 0 spiro atoms. The lowest BCUT2D eigenvalue weighted by molar-refractivity contribution is -0.126. The molecule has 5 nitrogen and oxygen atoms in total. The number of likely N-dealkylation sites (tertiary alicyclic amines) is 1. The predicted octanol–water partition coefficient (Wildman–Crippen LogP) is 0.772. The molecule has 0 radical (unpaired) electrons. The molecule has 1 heterocycles. The first kappa shape index (κ1) is 13.5. The van der Waals surface area contributed by atoms with Crippen molar-refractivity contribution in [3.8, 4) is 5.75 Å². The van der Waals surface area contributed by atoms with Gasteiger partial charge in [-0.15, -0.1) is 0 Å². The number of hydrogen-bond donors (Lipinski definition) is 2. The molecule has 1 aromatic rings. The number of phenols is 1. The number of carbonyl (C=O) groups is 2. The average Bonchev–Trinajstić information content (AvgIpc) is 2.73. The SMILES string of the molecule is CC1(C(N)=O)CCN(CC(=O)c2ccc(O)cc2)C1. The van der Waals surface area contributed by atoms with E-state index in [2.05, 4.69) is 0 Å². The second-order valence-corrected chi connectivity index (χ2v) is 5.36. The highest BCUT2D eigenvalue weighted by Gasteiger charge is 2.39. The highest BCUT2D eigenvalue weighted by Crippen LogP contribution is 2.29. The van der Waals surface area contributed by atoms with Crippen LogP contribution in [-0.2, 0) is 4.79 Å². The number of rotatable bonds is 4. The summed E-state index contributed by atoms with van der Waals surface area (Å²) in [5, 5.41) is 9.18. The summed E-state index contributed by atoms with van der Waals surface area (Å²) < 4.78 is 0. The van der Waals surface area contributed by atoms with E-state index in [9.17, 15) is 14.7 Å². The molecule has 102 valence electrons. The Balaban J connectivity index is 1.98. The Hall–Kier alpha value is -1.88. The molecule has 1 atom stereocenters. The number of carbonyl (C=O) groups excluding carboxylic acids is 2. The minimum Gasteiger partial charge on any atom is -0.508 e. The molecule has 0 saturated carbocycles. The van der Waals surface area contributed by atoms with Gasteiger partial charge in [0.25, 0.3) is 0 Å². The topological polar surface area (TPSA) is 83.6 Å². The van der Waals surface area contributed by atoms with Crippen molar-refractivity contribution in [3.63, 3.8) is 0 Å². The number of aromatic hydroxyl groups is 1. The number of nitrogens with two attached hydrogens (primary N) is 1. The summed E-state index contributed by atoms with van der Waals surface area (Å²) >= 11 is 0. The van der Waals surface area contributed by atoms with E-state index in [1.165, 1.54) is 12.1 Å². The molecule has 1 amide bonds. The van der Waals surface area contributed by atoms with Crippen molar-refractivity contribution in [1.29, 1.82) is 0 Å². The van der Waals surface area contributed by atoms with E-state index in [1.807, 2.05) is 11.8 Å². The lowest BCUT2D eigenvalue weighted by atomic mass is 9.89. The zero-order valence-electron chi connectivity index (χ0n) is 10.9. The number of amides is 1. The van der Waals surface area contributed by atoms with Crippen molar-refractivity contribution in [2.45, 2.75) is 13.3 Å². The van der Waals surface area contributed by atoms with Crippen LogP contribution in [0.3, 0.4) is 0 Å². The van der Waals surface area contributed by atoms with Gasteiger partial charge in [0.1, 0.15) is 5.75 Å². The number of primary amides is 1. The Labute approximate surface area is 112 Å². The van der Waals surface area contributed by atoms with Crippen molar-refractivity contribution in [1.82, 2.24) is 4.90 Å². The maximum absolute atomic E-state index is 12.1. The van der Waals surface area contributed by atoms with Crippen LogP contribution in [0.15, 0.2) is 24.3 Å². The Morgan fingerprint density at radius 3 is 2.53 bits per heavy atom. The van der Waals surface area contributed by atoms with Gasteiger partial charge in [-0.05, 0) is 44.2 Å². The lowest BCUT2D eigenvalue weighted by Crippen LogP contribution is -2.38. The third-order valence-corrected chi connectivity index (χ3v) is 3.70. The summed E-state index contributed by atoms with van der Waals surface area (Å²) in [6, 6.07) is 6.18. The van der Waals surface area contributed by atoms with Crippen LogP contribution in [0.5, 0.6) is 5.75 Å². The van der Waals surface area contributed by atoms with Crippen LogP contribution in [0, 0.1) is 5.41 Å². The lowest BCUT2D eigenvalue weighted by Gasteiger charge is -2.20. The number of hydrogen-bond acceptors (Lipinski definition) is 4. The first-order valence-corrected chi connectivity index (χ1v) is 6.25. The summed E-state index contributed by atoms with van der Waals surface area (Å²) in [6.45, 7) is 3.32. The van der Waals surface area contributed by atoms with Crippen LogP contribution >= 0.6 is 0 Å². The third kappa shape index (κ3) is 2.93. The first-order chi connectivity index (χ1) is 8.90. The van der Waals surface area contributed by atoms with E-state index in [1.54, 1.807) is 12.1 Å². The van der Waals surface area contributed by atoms with Crippen LogP contribution in [0.25, 0.3) is 0 Å². The van der Waals surface area contributed by atoms with Gasteiger partial charge in [0.2, 0.25) is 5.91 Å². The van der Waals surface area contributed by atoms with Gasteiger partial charge in [-0.1, -0.05) is 0 Å². The van der Waals surface area contributed by atoms with E-state index >= 15 is 0 Å². The number of benzene rings is 1.